The Bertz CT molecular complexity index is 416. The zero-order valence-electron chi connectivity index (χ0n) is 11.4. The maximum Gasteiger partial charge on any atom is 0.0381 e. The number of piperidine rings is 1. The highest BCUT2D eigenvalue weighted by Crippen LogP contribution is 2.30. The monoisotopic (exact) mass is 245 g/mol. The molecule has 98 valence electrons. The van der Waals surface area contributed by atoms with Gasteiger partial charge in [-0.05, 0) is 43.5 Å². The van der Waals surface area contributed by atoms with E-state index in [9.17, 15) is 0 Å². The lowest BCUT2D eigenvalue weighted by Crippen LogP contribution is -2.39. The van der Waals surface area contributed by atoms with Gasteiger partial charge in [0.2, 0.25) is 0 Å². The molecule has 2 saturated heterocycles. The summed E-state index contributed by atoms with van der Waals surface area (Å²) >= 11 is 0. The van der Waals surface area contributed by atoms with E-state index in [1.54, 1.807) is 0 Å². The quantitative estimate of drug-likeness (QED) is 0.881. The molecule has 0 saturated carbocycles. The van der Waals surface area contributed by atoms with Gasteiger partial charge in [-0.3, -0.25) is 0 Å². The number of nitrogens with one attached hydrogen (secondary N) is 1. The van der Waals surface area contributed by atoms with Gasteiger partial charge in [0.25, 0.3) is 0 Å². The molecule has 3 heteroatoms. The van der Waals surface area contributed by atoms with E-state index in [0.29, 0.717) is 6.04 Å². The van der Waals surface area contributed by atoms with E-state index < -0.39 is 0 Å². The second-order valence-electron chi connectivity index (χ2n) is 5.83. The largest absolute Gasteiger partial charge is 0.382 e. The third kappa shape index (κ3) is 2.32. The Hall–Kier alpha value is -1.22. The van der Waals surface area contributed by atoms with Crippen LogP contribution in [0.15, 0.2) is 24.3 Å². The van der Waals surface area contributed by atoms with Crippen molar-refractivity contribution in [1.82, 2.24) is 4.90 Å². The number of hydrogen-bond donors (Lipinski definition) is 1. The molecule has 3 nitrogen and oxygen atoms in total. The third-order valence-corrected chi connectivity index (χ3v) is 4.35. The van der Waals surface area contributed by atoms with Gasteiger partial charge in [0, 0.05) is 44.6 Å². The third-order valence-electron chi connectivity index (χ3n) is 4.35. The van der Waals surface area contributed by atoms with Crippen LogP contribution in [-0.2, 0) is 0 Å². The molecule has 1 N–H and O–H groups in total. The average molecular weight is 245 g/mol. The molecule has 2 aliphatic heterocycles. The summed E-state index contributed by atoms with van der Waals surface area (Å²) in [5.74, 6) is 0.849. The molecule has 0 spiro atoms. The maximum absolute atomic E-state index is 3.75. The van der Waals surface area contributed by atoms with Crippen molar-refractivity contribution in [2.24, 2.45) is 5.92 Å². The molecule has 1 aromatic carbocycles. The van der Waals surface area contributed by atoms with E-state index in [0.717, 1.165) is 5.92 Å². The summed E-state index contributed by atoms with van der Waals surface area (Å²) in [6.45, 7) is 3.87. The van der Waals surface area contributed by atoms with Crippen LogP contribution < -0.4 is 10.2 Å². The van der Waals surface area contributed by atoms with Crippen molar-refractivity contribution in [3.63, 3.8) is 0 Å². The molecule has 0 aliphatic carbocycles. The lowest BCUT2D eigenvalue weighted by Gasteiger charge is -2.32. The van der Waals surface area contributed by atoms with Gasteiger partial charge in [0.05, 0.1) is 0 Å². The number of rotatable bonds is 3. The Morgan fingerprint density at radius 1 is 1.22 bits per heavy atom. The molecule has 3 atom stereocenters. The Kier molecular flexibility index (Phi) is 3.16. The fraction of sp³-hybridized carbons (Fsp3) is 0.600. The fourth-order valence-electron chi connectivity index (χ4n) is 3.23. The summed E-state index contributed by atoms with van der Waals surface area (Å²) in [4.78, 5) is 4.75. The lowest BCUT2D eigenvalue weighted by molar-refractivity contribution is 0.255. The van der Waals surface area contributed by atoms with Crippen molar-refractivity contribution in [3.05, 3.63) is 24.3 Å². The molecule has 1 aromatic rings. The molecular weight excluding hydrogens is 222 g/mol. The summed E-state index contributed by atoms with van der Waals surface area (Å²) in [7, 11) is 4.18. The van der Waals surface area contributed by atoms with Crippen LogP contribution in [0.4, 0.5) is 11.4 Å². The molecule has 2 heterocycles. The number of anilines is 2. The first-order chi connectivity index (χ1) is 8.72. The highest BCUT2D eigenvalue weighted by Gasteiger charge is 2.33. The van der Waals surface area contributed by atoms with Gasteiger partial charge < -0.3 is 15.1 Å². The molecule has 0 amide bonds. The first-order valence-corrected chi connectivity index (χ1v) is 6.98. The minimum Gasteiger partial charge on any atom is -0.382 e. The van der Waals surface area contributed by atoms with Crippen LogP contribution in [0, 0.1) is 5.92 Å². The van der Waals surface area contributed by atoms with Crippen LogP contribution in [0.25, 0.3) is 0 Å². The number of benzene rings is 1. The van der Waals surface area contributed by atoms with Crippen LogP contribution in [0.2, 0.25) is 0 Å². The van der Waals surface area contributed by atoms with Gasteiger partial charge in [-0.15, -0.1) is 0 Å². The van der Waals surface area contributed by atoms with Gasteiger partial charge in [0.15, 0.2) is 0 Å². The van der Waals surface area contributed by atoms with E-state index in [-0.39, 0.29) is 0 Å². The van der Waals surface area contributed by atoms with Crippen LogP contribution in [0.5, 0.6) is 0 Å². The molecule has 2 aliphatic rings. The zero-order valence-corrected chi connectivity index (χ0v) is 11.4. The summed E-state index contributed by atoms with van der Waals surface area (Å²) in [5, 5.41) is 3.75. The van der Waals surface area contributed by atoms with Crippen molar-refractivity contribution >= 4 is 11.4 Å². The number of fused-ring (bicyclic) bond motifs is 2. The van der Waals surface area contributed by atoms with E-state index in [1.807, 2.05) is 0 Å². The van der Waals surface area contributed by atoms with Crippen molar-refractivity contribution in [3.8, 4) is 0 Å². The van der Waals surface area contributed by atoms with Gasteiger partial charge in [0.1, 0.15) is 0 Å². The van der Waals surface area contributed by atoms with Gasteiger partial charge in [-0.1, -0.05) is 6.07 Å². The predicted molar refractivity (Wildman–Crippen MR) is 77.3 cm³/mol. The van der Waals surface area contributed by atoms with Crippen LogP contribution in [0.3, 0.4) is 0 Å². The lowest BCUT2D eigenvalue weighted by atomic mass is 9.94. The molecule has 2 bridgehead atoms. The molecule has 0 radical (unpaired) electrons. The first-order valence-electron chi connectivity index (χ1n) is 6.98. The summed E-state index contributed by atoms with van der Waals surface area (Å²) in [6.07, 6.45) is 2.65. The minimum atomic E-state index is 0.668. The molecular formula is C15H23N3. The first kappa shape index (κ1) is 11.8. The number of hydrogen-bond acceptors (Lipinski definition) is 3. The standard InChI is InChI=1S/C15H23N3/c1-17(2)14-5-3-4-13(10-14)16-15-7-9-18-8-6-12(15)11-18/h3-5,10,12,15-16H,6-9,11H2,1-2H3. The zero-order chi connectivity index (χ0) is 12.5. The highest BCUT2D eigenvalue weighted by molar-refractivity contribution is 5.57. The summed E-state index contributed by atoms with van der Waals surface area (Å²) in [6, 6.07) is 9.40. The van der Waals surface area contributed by atoms with Gasteiger partial charge in [-0.2, -0.15) is 0 Å². The van der Waals surface area contributed by atoms with Crippen molar-refractivity contribution in [1.29, 1.82) is 0 Å². The minimum absolute atomic E-state index is 0.668. The molecule has 2 fully saturated rings. The topological polar surface area (TPSA) is 18.5 Å². The Morgan fingerprint density at radius 2 is 2.06 bits per heavy atom. The van der Waals surface area contributed by atoms with Crippen molar-refractivity contribution < 1.29 is 0 Å². The molecule has 18 heavy (non-hydrogen) atoms. The highest BCUT2D eigenvalue weighted by atomic mass is 15.2. The average Bonchev–Trinajstić information content (AvgIpc) is 2.76. The summed E-state index contributed by atoms with van der Waals surface area (Å²) in [5.41, 5.74) is 2.54. The number of nitrogens with zero attached hydrogens (tertiary/aromatic N) is 2. The van der Waals surface area contributed by atoms with Gasteiger partial charge >= 0.3 is 0 Å². The van der Waals surface area contributed by atoms with E-state index >= 15 is 0 Å². The van der Waals surface area contributed by atoms with Crippen LogP contribution >= 0.6 is 0 Å². The Balaban J connectivity index is 1.70. The molecule has 0 aromatic heterocycles. The van der Waals surface area contributed by atoms with E-state index in [1.165, 1.54) is 43.9 Å². The summed E-state index contributed by atoms with van der Waals surface area (Å²) < 4.78 is 0. The van der Waals surface area contributed by atoms with Crippen LogP contribution in [0.1, 0.15) is 12.8 Å². The smallest absolute Gasteiger partial charge is 0.0381 e. The Morgan fingerprint density at radius 3 is 2.89 bits per heavy atom. The second-order valence-corrected chi connectivity index (χ2v) is 5.83. The maximum atomic E-state index is 3.75. The van der Waals surface area contributed by atoms with Crippen LogP contribution in [-0.4, -0.2) is 44.7 Å². The normalized spacial score (nSPS) is 30.2. The van der Waals surface area contributed by atoms with Crippen molar-refractivity contribution in [2.45, 2.75) is 18.9 Å². The van der Waals surface area contributed by atoms with E-state index in [2.05, 4.69) is 53.5 Å². The predicted octanol–water partition coefficient (Wildman–Crippen LogP) is 2.26. The van der Waals surface area contributed by atoms with Gasteiger partial charge in [-0.25, -0.2) is 0 Å². The fourth-order valence-corrected chi connectivity index (χ4v) is 3.23. The second kappa shape index (κ2) is 4.81. The van der Waals surface area contributed by atoms with Crippen molar-refractivity contribution in [2.75, 3.05) is 43.9 Å². The Labute approximate surface area is 110 Å². The molecule has 3 rings (SSSR count). The molecule has 3 unspecified atom stereocenters. The van der Waals surface area contributed by atoms with E-state index in [4.69, 9.17) is 0 Å². The SMILES string of the molecule is CN(C)c1cccc(NC2CCN3CCC2C3)c1.